The smallest absolute Gasteiger partial charge is 0.257 e. The highest BCUT2D eigenvalue weighted by atomic mass is 19.1. The zero-order valence-electron chi connectivity index (χ0n) is 13.4. The molecule has 5 nitrogen and oxygen atoms in total. The van der Waals surface area contributed by atoms with Crippen molar-refractivity contribution in [1.29, 1.82) is 0 Å². The molecule has 0 unspecified atom stereocenters. The van der Waals surface area contributed by atoms with E-state index in [0.717, 1.165) is 5.56 Å². The van der Waals surface area contributed by atoms with Gasteiger partial charge < -0.3 is 9.42 Å². The van der Waals surface area contributed by atoms with Crippen molar-refractivity contribution in [3.8, 4) is 11.4 Å². The number of halogens is 1. The highest BCUT2D eigenvalue weighted by Gasteiger charge is 2.21. The number of rotatable bonds is 6. The number of hydrogen-bond donors (Lipinski definition) is 0. The fraction of sp³-hybridized carbons (Fsp3) is 0.105. The van der Waals surface area contributed by atoms with E-state index in [9.17, 15) is 9.18 Å². The van der Waals surface area contributed by atoms with Gasteiger partial charge in [0.05, 0.1) is 5.56 Å². The van der Waals surface area contributed by atoms with Gasteiger partial charge in [-0.15, -0.1) is 6.58 Å². The van der Waals surface area contributed by atoms with Crippen molar-refractivity contribution < 1.29 is 13.7 Å². The Kier molecular flexibility index (Phi) is 4.99. The van der Waals surface area contributed by atoms with Gasteiger partial charge in [0.15, 0.2) is 0 Å². The summed E-state index contributed by atoms with van der Waals surface area (Å²) >= 11 is 0. The molecule has 0 spiro atoms. The van der Waals surface area contributed by atoms with Crippen LogP contribution in [0, 0.1) is 5.82 Å². The van der Waals surface area contributed by atoms with Crippen LogP contribution >= 0.6 is 0 Å². The number of carbonyl (C=O) groups is 1. The van der Waals surface area contributed by atoms with Crippen molar-refractivity contribution in [3.63, 3.8) is 0 Å². The lowest BCUT2D eigenvalue weighted by molar-refractivity contribution is 0.0740. The van der Waals surface area contributed by atoms with Crippen LogP contribution in [0.4, 0.5) is 4.39 Å². The molecule has 2 aromatic carbocycles. The van der Waals surface area contributed by atoms with E-state index in [-0.39, 0.29) is 24.5 Å². The summed E-state index contributed by atoms with van der Waals surface area (Å²) in [5.41, 5.74) is 0.806. The molecule has 6 heteroatoms. The molecule has 0 aliphatic carbocycles. The maximum absolute atomic E-state index is 13.9. The standard InChI is InChI=1S/C19H16FN3O2/c1-2-12-23(19(24)15-10-6-7-11-16(15)20)13-17-21-18(22-25-17)14-8-4-3-5-9-14/h2-11H,1,12-13H2. The van der Waals surface area contributed by atoms with Crippen LogP contribution in [0.25, 0.3) is 11.4 Å². The van der Waals surface area contributed by atoms with E-state index in [0.29, 0.717) is 5.82 Å². The normalized spacial score (nSPS) is 10.4. The number of hydrogen-bond acceptors (Lipinski definition) is 4. The first-order valence-electron chi connectivity index (χ1n) is 7.71. The summed E-state index contributed by atoms with van der Waals surface area (Å²) in [5, 5.41) is 3.93. The van der Waals surface area contributed by atoms with Gasteiger partial charge in [-0.3, -0.25) is 4.79 Å². The van der Waals surface area contributed by atoms with Crippen LogP contribution in [0.1, 0.15) is 16.2 Å². The number of aromatic nitrogens is 2. The minimum Gasteiger partial charge on any atom is -0.337 e. The Bertz CT molecular complexity index is 877. The SMILES string of the molecule is C=CCN(Cc1nc(-c2ccccc2)no1)C(=O)c1ccccc1F. The Morgan fingerprint density at radius 3 is 2.60 bits per heavy atom. The zero-order chi connectivity index (χ0) is 17.6. The van der Waals surface area contributed by atoms with Gasteiger partial charge in [-0.05, 0) is 12.1 Å². The molecule has 1 heterocycles. The molecule has 0 saturated carbocycles. The molecule has 0 atom stereocenters. The molecule has 1 aromatic heterocycles. The van der Waals surface area contributed by atoms with Crippen LogP contribution in [-0.4, -0.2) is 27.5 Å². The van der Waals surface area contributed by atoms with Crippen LogP contribution in [0.2, 0.25) is 0 Å². The third kappa shape index (κ3) is 3.80. The van der Waals surface area contributed by atoms with Gasteiger partial charge in [0.25, 0.3) is 5.91 Å². The fourth-order valence-corrected chi connectivity index (χ4v) is 2.37. The summed E-state index contributed by atoms with van der Waals surface area (Å²) in [7, 11) is 0. The molecular formula is C19H16FN3O2. The fourth-order valence-electron chi connectivity index (χ4n) is 2.37. The van der Waals surface area contributed by atoms with Crippen molar-refractivity contribution in [1.82, 2.24) is 15.0 Å². The summed E-state index contributed by atoms with van der Waals surface area (Å²) in [5.74, 6) is -0.326. The number of benzene rings is 2. The molecule has 0 aliphatic heterocycles. The predicted molar refractivity (Wildman–Crippen MR) is 91.1 cm³/mol. The largest absolute Gasteiger partial charge is 0.337 e. The molecule has 3 aromatic rings. The first-order chi connectivity index (χ1) is 12.2. The molecule has 0 saturated heterocycles. The minimum atomic E-state index is -0.572. The summed E-state index contributed by atoms with van der Waals surface area (Å²) in [6, 6.07) is 15.2. The molecule has 0 fully saturated rings. The molecule has 0 radical (unpaired) electrons. The summed E-state index contributed by atoms with van der Waals surface area (Å²) in [6.45, 7) is 3.94. The topological polar surface area (TPSA) is 59.2 Å². The molecular weight excluding hydrogens is 321 g/mol. The summed E-state index contributed by atoms with van der Waals surface area (Å²) in [6.07, 6.45) is 1.56. The van der Waals surface area contributed by atoms with Crippen molar-refractivity contribution in [2.75, 3.05) is 6.54 Å². The average Bonchev–Trinajstić information content (AvgIpc) is 3.11. The lowest BCUT2D eigenvalue weighted by Crippen LogP contribution is -2.31. The minimum absolute atomic E-state index is 0.00727. The number of nitrogens with zero attached hydrogens (tertiary/aromatic N) is 3. The van der Waals surface area contributed by atoms with Gasteiger partial charge in [-0.2, -0.15) is 4.98 Å². The lowest BCUT2D eigenvalue weighted by atomic mass is 10.2. The summed E-state index contributed by atoms with van der Waals surface area (Å²) in [4.78, 5) is 18.3. The van der Waals surface area contributed by atoms with Crippen LogP contribution < -0.4 is 0 Å². The van der Waals surface area contributed by atoms with E-state index < -0.39 is 11.7 Å². The molecule has 1 amide bonds. The Morgan fingerprint density at radius 2 is 1.88 bits per heavy atom. The average molecular weight is 337 g/mol. The molecule has 0 N–H and O–H groups in total. The summed E-state index contributed by atoms with van der Waals surface area (Å²) < 4.78 is 19.1. The maximum Gasteiger partial charge on any atom is 0.257 e. The second-order valence-electron chi connectivity index (χ2n) is 5.33. The van der Waals surface area contributed by atoms with Crippen LogP contribution in [-0.2, 0) is 6.54 Å². The van der Waals surface area contributed by atoms with E-state index >= 15 is 0 Å². The number of amides is 1. The zero-order valence-corrected chi connectivity index (χ0v) is 13.4. The first-order valence-corrected chi connectivity index (χ1v) is 7.71. The molecule has 0 aliphatic rings. The highest BCUT2D eigenvalue weighted by Crippen LogP contribution is 2.17. The van der Waals surface area contributed by atoms with Crippen molar-refractivity contribution in [3.05, 3.63) is 84.5 Å². The Balaban J connectivity index is 1.81. The van der Waals surface area contributed by atoms with Gasteiger partial charge in [-0.1, -0.05) is 53.7 Å². The Morgan fingerprint density at radius 1 is 1.16 bits per heavy atom. The van der Waals surface area contributed by atoms with Crippen molar-refractivity contribution in [2.24, 2.45) is 0 Å². The molecule has 126 valence electrons. The Hall–Kier alpha value is -3.28. The van der Waals surface area contributed by atoms with Gasteiger partial charge in [0, 0.05) is 12.1 Å². The van der Waals surface area contributed by atoms with E-state index in [1.807, 2.05) is 30.3 Å². The monoisotopic (exact) mass is 337 g/mol. The molecule has 3 rings (SSSR count). The first kappa shape index (κ1) is 16.6. The van der Waals surface area contributed by atoms with Crippen LogP contribution in [0.5, 0.6) is 0 Å². The van der Waals surface area contributed by atoms with Gasteiger partial charge in [-0.25, -0.2) is 4.39 Å². The molecule has 0 bridgehead atoms. The van der Waals surface area contributed by atoms with Gasteiger partial charge >= 0.3 is 0 Å². The third-order valence-corrected chi connectivity index (χ3v) is 3.57. The van der Waals surface area contributed by atoms with Gasteiger partial charge in [0.2, 0.25) is 11.7 Å². The maximum atomic E-state index is 13.9. The highest BCUT2D eigenvalue weighted by molar-refractivity contribution is 5.94. The third-order valence-electron chi connectivity index (χ3n) is 3.57. The lowest BCUT2D eigenvalue weighted by Gasteiger charge is -2.19. The molecule has 25 heavy (non-hydrogen) atoms. The second kappa shape index (κ2) is 7.53. The van der Waals surface area contributed by atoms with Gasteiger partial charge in [0.1, 0.15) is 12.4 Å². The number of carbonyl (C=O) groups excluding carboxylic acids is 1. The quantitative estimate of drug-likeness (QED) is 0.644. The Labute approximate surface area is 144 Å². The predicted octanol–water partition coefficient (Wildman–Crippen LogP) is 3.70. The van der Waals surface area contributed by atoms with Crippen LogP contribution in [0.3, 0.4) is 0 Å². The second-order valence-corrected chi connectivity index (χ2v) is 5.33. The van der Waals surface area contributed by atoms with Crippen LogP contribution in [0.15, 0.2) is 71.8 Å². The van der Waals surface area contributed by atoms with E-state index in [1.165, 1.54) is 23.1 Å². The van der Waals surface area contributed by atoms with Crippen molar-refractivity contribution >= 4 is 5.91 Å². The van der Waals surface area contributed by atoms with Crippen molar-refractivity contribution in [2.45, 2.75) is 6.54 Å². The van der Waals surface area contributed by atoms with E-state index in [2.05, 4.69) is 16.7 Å². The van der Waals surface area contributed by atoms with E-state index in [1.54, 1.807) is 12.1 Å². The van der Waals surface area contributed by atoms with E-state index in [4.69, 9.17) is 4.52 Å².